The summed E-state index contributed by atoms with van der Waals surface area (Å²) in [7, 11) is -0.207. The highest BCUT2D eigenvalue weighted by molar-refractivity contribution is 7.86. The third-order valence-corrected chi connectivity index (χ3v) is 6.98. The molecule has 0 aromatic heterocycles. The van der Waals surface area contributed by atoms with E-state index in [1.54, 1.807) is 22.8 Å². The third-order valence-electron chi connectivity index (χ3n) is 4.93. The van der Waals surface area contributed by atoms with Crippen molar-refractivity contribution in [2.75, 3.05) is 33.9 Å². The number of ether oxygens (including phenoxy) is 2. The predicted octanol–water partition coefficient (Wildman–Crippen LogP) is 2.57. The first-order chi connectivity index (χ1) is 11.6. The van der Waals surface area contributed by atoms with Gasteiger partial charge >= 0.3 is 0 Å². The van der Waals surface area contributed by atoms with Crippen LogP contribution < -0.4 is 9.47 Å². The van der Waals surface area contributed by atoms with E-state index in [-0.39, 0.29) is 6.04 Å². The van der Waals surface area contributed by atoms with Gasteiger partial charge in [0.2, 0.25) is 0 Å². The smallest absolute Gasteiger partial charge is 0.282 e. The topological polar surface area (TPSA) is 59.1 Å². The minimum Gasteiger partial charge on any atom is -0.493 e. The maximum atomic E-state index is 13.0. The summed E-state index contributed by atoms with van der Waals surface area (Å²) in [6.45, 7) is 1.85. The van der Waals surface area contributed by atoms with Crippen LogP contribution in [0.25, 0.3) is 0 Å². The van der Waals surface area contributed by atoms with Gasteiger partial charge in [-0.15, -0.1) is 0 Å². The largest absolute Gasteiger partial charge is 0.493 e. The molecular formula is C17H26N2O4S. The molecule has 0 aliphatic carbocycles. The number of methoxy groups -OCH3 is 2. The van der Waals surface area contributed by atoms with E-state index in [4.69, 9.17) is 9.47 Å². The molecule has 2 aliphatic rings. The second-order valence-corrected chi connectivity index (χ2v) is 8.23. The Balaban J connectivity index is 1.87. The molecule has 0 bridgehead atoms. The van der Waals surface area contributed by atoms with Crippen LogP contribution in [0.5, 0.6) is 11.5 Å². The maximum Gasteiger partial charge on any atom is 0.282 e. The highest BCUT2D eigenvalue weighted by Gasteiger charge is 2.39. The Morgan fingerprint density at radius 1 is 0.958 bits per heavy atom. The van der Waals surface area contributed by atoms with Crippen molar-refractivity contribution in [3.8, 4) is 11.5 Å². The van der Waals surface area contributed by atoms with Gasteiger partial charge in [0.15, 0.2) is 11.5 Å². The summed E-state index contributed by atoms with van der Waals surface area (Å²) in [5.41, 5.74) is 0.964. The number of nitrogens with zero attached hydrogens (tertiary/aromatic N) is 2. The van der Waals surface area contributed by atoms with E-state index in [0.717, 1.165) is 37.7 Å². The van der Waals surface area contributed by atoms with Gasteiger partial charge in [0.1, 0.15) is 0 Å². The molecule has 0 N–H and O–H groups in total. The summed E-state index contributed by atoms with van der Waals surface area (Å²) in [5, 5.41) is 0. The molecule has 0 radical (unpaired) electrons. The third kappa shape index (κ3) is 3.25. The predicted molar refractivity (Wildman–Crippen MR) is 92.6 cm³/mol. The number of piperidine rings is 1. The maximum absolute atomic E-state index is 13.0. The van der Waals surface area contributed by atoms with Gasteiger partial charge in [-0.2, -0.15) is 17.0 Å². The molecule has 1 aromatic carbocycles. The molecular weight excluding hydrogens is 328 g/mol. The zero-order valence-corrected chi connectivity index (χ0v) is 15.2. The van der Waals surface area contributed by atoms with Gasteiger partial charge in [-0.05, 0) is 43.4 Å². The van der Waals surface area contributed by atoms with E-state index in [1.807, 2.05) is 18.2 Å². The highest BCUT2D eigenvalue weighted by atomic mass is 32.2. The van der Waals surface area contributed by atoms with E-state index in [0.29, 0.717) is 31.1 Å². The fourth-order valence-corrected chi connectivity index (χ4v) is 5.58. The van der Waals surface area contributed by atoms with E-state index >= 15 is 0 Å². The molecule has 2 heterocycles. The Kier molecular flexibility index (Phi) is 5.32. The Bertz CT molecular complexity index is 671. The van der Waals surface area contributed by atoms with Crippen LogP contribution >= 0.6 is 0 Å². The summed E-state index contributed by atoms with van der Waals surface area (Å²) < 4.78 is 40.1. The van der Waals surface area contributed by atoms with Gasteiger partial charge in [-0.25, -0.2) is 0 Å². The first-order valence-corrected chi connectivity index (χ1v) is 9.96. The van der Waals surface area contributed by atoms with Crippen LogP contribution in [0.4, 0.5) is 0 Å². The lowest BCUT2D eigenvalue weighted by molar-refractivity contribution is 0.295. The standard InChI is InChI=1S/C17H26N2O4S/c1-22-16-9-8-14(13-17(16)23-2)15-7-6-12-19(15)24(20,21)18-10-4-3-5-11-18/h8-9,13,15H,3-7,10-12H2,1-2H3/t15-/m1/s1. The van der Waals surface area contributed by atoms with Crippen molar-refractivity contribution >= 4 is 10.2 Å². The second kappa shape index (κ2) is 7.29. The molecule has 3 rings (SSSR count). The number of rotatable bonds is 5. The Labute approximate surface area is 144 Å². The monoisotopic (exact) mass is 354 g/mol. The van der Waals surface area contributed by atoms with Crippen LogP contribution in [0.3, 0.4) is 0 Å². The Morgan fingerprint density at radius 3 is 2.33 bits per heavy atom. The minimum absolute atomic E-state index is 0.128. The fourth-order valence-electron chi connectivity index (χ4n) is 3.65. The van der Waals surface area contributed by atoms with Gasteiger partial charge in [0.25, 0.3) is 10.2 Å². The molecule has 2 saturated heterocycles. The lowest BCUT2D eigenvalue weighted by Gasteiger charge is -2.33. The summed E-state index contributed by atoms with van der Waals surface area (Å²) in [6, 6.07) is 5.55. The lowest BCUT2D eigenvalue weighted by atomic mass is 10.0. The lowest BCUT2D eigenvalue weighted by Crippen LogP contribution is -2.45. The SMILES string of the molecule is COc1ccc([C@H]2CCCN2S(=O)(=O)N2CCCCC2)cc1OC. The average Bonchev–Trinajstić information content (AvgIpc) is 3.12. The van der Waals surface area contributed by atoms with Crippen LogP contribution in [-0.4, -0.2) is 50.9 Å². The van der Waals surface area contributed by atoms with E-state index in [1.165, 1.54) is 0 Å². The van der Waals surface area contributed by atoms with Crippen LogP contribution in [0.2, 0.25) is 0 Å². The van der Waals surface area contributed by atoms with Crippen molar-refractivity contribution < 1.29 is 17.9 Å². The molecule has 1 atom stereocenters. The van der Waals surface area contributed by atoms with E-state index < -0.39 is 10.2 Å². The van der Waals surface area contributed by atoms with Gasteiger partial charge < -0.3 is 9.47 Å². The molecule has 2 aliphatic heterocycles. The van der Waals surface area contributed by atoms with Crippen molar-refractivity contribution in [3.05, 3.63) is 23.8 Å². The molecule has 134 valence electrons. The average molecular weight is 354 g/mol. The van der Waals surface area contributed by atoms with Gasteiger partial charge in [0, 0.05) is 19.6 Å². The second-order valence-electron chi connectivity index (χ2n) is 6.35. The highest BCUT2D eigenvalue weighted by Crippen LogP contribution is 2.39. The molecule has 0 saturated carbocycles. The first-order valence-electron chi connectivity index (χ1n) is 8.57. The normalized spacial score (nSPS) is 23.3. The molecule has 6 nitrogen and oxygen atoms in total. The van der Waals surface area contributed by atoms with Crippen molar-refractivity contribution in [3.63, 3.8) is 0 Å². The van der Waals surface area contributed by atoms with Crippen molar-refractivity contribution in [1.29, 1.82) is 0 Å². The summed E-state index contributed by atoms with van der Waals surface area (Å²) >= 11 is 0. The van der Waals surface area contributed by atoms with Gasteiger partial charge in [0.05, 0.1) is 20.3 Å². The first kappa shape index (κ1) is 17.5. The molecule has 0 amide bonds. The molecule has 0 unspecified atom stereocenters. The van der Waals surface area contributed by atoms with Crippen molar-refractivity contribution in [1.82, 2.24) is 8.61 Å². The van der Waals surface area contributed by atoms with Crippen LogP contribution in [0.15, 0.2) is 18.2 Å². The van der Waals surface area contributed by atoms with Crippen LogP contribution in [-0.2, 0) is 10.2 Å². The fraction of sp³-hybridized carbons (Fsp3) is 0.647. The van der Waals surface area contributed by atoms with Crippen LogP contribution in [0.1, 0.15) is 43.7 Å². The number of benzene rings is 1. The van der Waals surface area contributed by atoms with Crippen LogP contribution in [0, 0.1) is 0 Å². The summed E-state index contributed by atoms with van der Waals surface area (Å²) in [6.07, 6.45) is 4.74. The molecule has 2 fully saturated rings. The quantitative estimate of drug-likeness (QED) is 0.815. The van der Waals surface area contributed by atoms with Gasteiger partial charge in [-0.3, -0.25) is 0 Å². The molecule has 0 spiro atoms. The van der Waals surface area contributed by atoms with Gasteiger partial charge in [-0.1, -0.05) is 12.5 Å². The van der Waals surface area contributed by atoms with Crippen molar-refractivity contribution in [2.45, 2.75) is 38.1 Å². The van der Waals surface area contributed by atoms with E-state index in [9.17, 15) is 8.42 Å². The number of hydrogen-bond donors (Lipinski definition) is 0. The zero-order chi connectivity index (χ0) is 17.2. The summed E-state index contributed by atoms with van der Waals surface area (Å²) in [4.78, 5) is 0. The number of hydrogen-bond acceptors (Lipinski definition) is 4. The zero-order valence-electron chi connectivity index (χ0n) is 14.4. The van der Waals surface area contributed by atoms with E-state index in [2.05, 4.69) is 0 Å². The van der Waals surface area contributed by atoms with Crippen molar-refractivity contribution in [2.24, 2.45) is 0 Å². The molecule has 24 heavy (non-hydrogen) atoms. The molecule has 1 aromatic rings. The Hall–Kier alpha value is -1.31. The Morgan fingerprint density at radius 2 is 1.67 bits per heavy atom. The minimum atomic E-state index is -3.40. The molecule has 7 heteroatoms. The summed E-state index contributed by atoms with van der Waals surface area (Å²) in [5.74, 6) is 1.29.